The second-order valence-corrected chi connectivity index (χ2v) is 6.85. The maximum Gasteiger partial charge on any atom is 0.349 e. The van der Waals surface area contributed by atoms with Crippen molar-refractivity contribution in [1.29, 1.82) is 0 Å². The number of ketones is 1. The largest absolute Gasteiger partial charge is 0.483 e. The monoisotopic (exact) mass is 354 g/mol. The minimum Gasteiger partial charge on any atom is -0.483 e. The lowest BCUT2D eigenvalue weighted by molar-refractivity contribution is -0.136. The molecule has 0 bridgehead atoms. The molecule has 0 amide bonds. The smallest absolute Gasteiger partial charge is 0.349 e. The fourth-order valence-electron chi connectivity index (χ4n) is 2.91. The van der Waals surface area contributed by atoms with Gasteiger partial charge in [-0.25, -0.2) is 4.79 Å². The van der Waals surface area contributed by atoms with E-state index in [1.165, 1.54) is 0 Å². The number of hydrogen-bond acceptors (Lipinski definition) is 5. The lowest BCUT2D eigenvalue weighted by Gasteiger charge is -2.18. The van der Waals surface area contributed by atoms with Crippen LogP contribution >= 0.6 is 0 Å². The maximum atomic E-state index is 12.0. The van der Waals surface area contributed by atoms with Gasteiger partial charge in [0.25, 0.3) is 0 Å². The molecule has 1 aliphatic heterocycles. The Morgan fingerprint density at radius 1 is 1.12 bits per heavy atom. The predicted molar refractivity (Wildman–Crippen MR) is 97.0 cm³/mol. The summed E-state index contributed by atoms with van der Waals surface area (Å²) in [6.07, 6.45) is 1.24. The number of rotatable bonds is 6. The third-order valence-electron chi connectivity index (χ3n) is 4.13. The Kier molecular flexibility index (Phi) is 4.98. The molecule has 1 heterocycles. The molecule has 3 rings (SSSR count). The molecule has 0 spiro atoms. The zero-order valence-electron chi connectivity index (χ0n) is 15.2. The molecular weight excluding hydrogens is 332 g/mol. The van der Waals surface area contributed by atoms with E-state index in [0.717, 1.165) is 12.0 Å². The zero-order chi connectivity index (χ0) is 18.7. The van der Waals surface area contributed by atoms with Crippen molar-refractivity contribution in [3.8, 4) is 17.2 Å². The number of hydrogen-bond donors (Lipinski definition) is 0. The molecule has 2 aromatic carbocycles. The van der Waals surface area contributed by atoms with Crippen LogP contribution < -0.4 is 14.2 Å². The fraction of sp³-hybridized carbons (Fsp3) is 0.333. The number of benzene rings is 2. The molecule has 5 heteroatoms. The first-order valence-corrected chi connectivity index (χ1v) is 8.65. The Balaban J connectivity index is 1.59. The van der Waals surface area contributed by atoms with E-state index in [-0.39, 0.29) is 18.0 Å². The molecule has 0 N–H and O–H groups in total. The molecular formula is C21H22O5. The summed E-state index contributed by atoms with van der Waals surface area (Å²) in [5.74, 6) is 1.13. The normalized spacial score (nSPS) is 14.3. The highest BCUT2D eigenvalue weighted by atomic mass is 16.6. The standard InChI is InChI=1S/C21H22O5/c1-4-17(22)14-8-10-16(11-9-14)25-19(23)13-24-18-7-5-6-15-12-21(2,3)26-20(15)18/h5-11H,4,12-13H2,1-3H3. The van der Waals surface area contributed by atoms with Crippen molar-refractivity contribution in [1.82, 2.24) is 0 Å². The Morgan fingerprint density at radius 2 is 1.85 bits per heavy atom. The fourth-order valence-corrected chi connectivity index (χ4v) is 2.91. The van der Waals surface area contributed by atoms with Crippen molar-refractivity contribution in [3.05, 3.63) is 53.6 Å². The maximum absolute atomic E-state index is 12.0. The highest BCUT2D eigenvalue weighted by molar-refractivity contribution is 5.95. The van der Waals surface area contributed by atoms with Gasteiger partial charge in [-0.1, -0.05) is 19.1 Å². The van der Waals surface area contributed by atoms with E-state index < -0.39 is 5.97 Å². The lowest BCUT2D eigenvalue weighted by Crippen LogP contribution is -2.25. The van der Waals surface area contributed by atoms with Crippen LogP contribution in [0.15, 0.2) is 42.5 Å². The second-order valence-electron chi connectivity index (χ2n) is 6.85. The second kappa shape index (κ2) is 7.20. The summed E-state index contributed by atoms with van der Waals surface area (Å²) >= 11 is 0. The summed E-state index contributed by atoms with van der Waals surface area (Å²) < 4.78 is 16.8. The van der Waals surface area contributed by atoms with Gasteiger partial charge >= 0.3 is 5.97 Å². The third-order valence-corrected chi connectivity index (χ3v) is 4.13. The van der Waals surface area contributed by atoms with Crippen molar-refractivity contribution in [2.45, 2.75) is 39.2 Å². The van der Waals surface area contributed by atoms with Gasteiger partial charge in [0.1, 0.15) is 11.4 Å². The van der Waals surface area contributed by atoms with Crippen LogP contribution in [0.4, 0.5) is 0 Å². The molecule has 0 fully saturated rings. The number of fused-ring (bicyclic) bond motifs is 1. The molecule has 0 atom stereocenters. The van der Waals surface area contributed by atoms with Crippen LogP contribution in [0.2, 0.25) is 0 Å². The Morgan fingerprint density at radius 3 is 2.54 bits per heavy atom. The Labute approximate surface area is 152 Å². The van der Waals surface area contributed by atoms with E-state index in [1.807, 2.05) is 26.0 Å². The predicted octanol–water partition coefficient (Wildman–Crippen LogP) is 3.98. The van der Waals surface area contributed by atoms with Crippen LogP contribution in [-0.4, -0.2) is 24.0 Å². The minimum absolute atomic E-state index is 0.0482. The van der Waals surface area contributed by atoms with E-state index in [4.69, 9.17) is 14.2 Å². The highest BCUT2D eigenvalue weighted by Gasteiger charge is 2.32. The molecule has 0 saturated carbocycles. The van der Waals surface area contributed by atoms with Gasteiger partial charge < -0.3 is 14.2 Å². The summed E-state index contributed by atoms with van der Waals surface area (Å²) in [6, 6.07) is 12.2. The van der Waals surface area contributed by atoms with Crippen LogP contribution in [-0.2, 0) is 11.2 Å². The molecule has 136 valence electrons. The molecule has 0 unspecified atom stereocenters. The summed E-state index contributed by atoms with van der Waals surface area (Å²) in [6.45, 7) is 5.60. The molecule has 26 heavy (non-hydrogen) atoms. The first kappa shape index (κ1) is 18.0. The van der Waals surface area contributed by atoms with Crippen molar-refractivity contribution in [3.63, 3.8) is 0 Å². The third kappa shape index (κ3) is 4.04. The zero-order valence-corrected chi connectivity index (χ0v) is 15.2. The van der Waals surface area contributed by atoms with Gasteiger partial charge in [-0.2, -0.15) is 0 Å². The van der Waals surface area contributed by atoms with E-state index >= 15 is 0 Å². The van der Waals surface area contributed by atoms with Crippen LogP contribution in [0.3, 0.4) is 0 Å². The Bertz CT molecular complexity index is 821. The van der Waals surface area contributed by atoms with Gasteiger partial charge in [-0.05, 0) is 44.2 Å². The first-order chi connectivity index (χ1) is 12.4. The number of para-hydroxylation sites is 1. The quantitative estimate of drug-likeness (QED) is 0.446. The average molecular weight is 354 g/mol. The molecule has 0 radical (unpaired) electrons. The SMILES string of the molecule is CCC(=O)c1ccc(OC(=O)COc2cccc3c2OC(C)(C)C3)cc1. The van der Waals surface area contributed by atoms with Gasteiger partial charge in [-0.15, -0.1) is 0 Å². The lowest BCUT2D eigenvalue weighted by atomic mass is 10.0. The van der Waals surface area contributed by atoms with Crippen LogP contribution in [0.1, 0.15) is 43.1 Å². The molecule has 2 aromatic rings. The highest BCUT2D eigenvalue weighted by Crippen LogP contribution is 2.41. The van der Waals surface area contributed by atoms with E-state index in [2.05, 4.69) is 0 Å². The number of ether oxygens (including phenoxy) is 3. The molecule has 0 aromatic heterocycles. The van der Waals surface area contributed by atoms with Crippen molar-refractivity contribution >= 4 is 11.8 Å². The van der Waals surface area contributed by atoms with Crippen molar-refractivity contribution < 1.29 is 23.8 Å². The van der Waals surface area contributed by atoms with Gasteiger partial charge in [0.2, 0.25) is 0 Å². The van der Waals surface area contributed by atoms with E-state index in [9.17, 15) is 9.59 Å². The van der Waals surface area contributed by atoms with E-state index in [1.54, 1.807) is 37.3 Å². The number of Topliss-reactive ketones (excluding diaryl/α,β-unsaturated/α-hetero) is 1. The van der Waals surface area contributed by atoms with Crippen molar-refractivity contribution in [2.24, 2.45) is 0 Å². The molecule has 0 aliphatic carbocycles. The van der Waals surface area contributed by atoms with Gasteiger partial charge in [0, 0.05) is 24.0 Å². The topological polar surface area (TPSA) is 61.8 Å². The Hall–Kier alpha value is -2.82. The summed E-state index contributed by atoms with van der Waals surface area (Å²) in [4.78, 5) is 23.6. The number of carbonyl (C=O) groups excluding carboxylic acids is 2. The summed E-state index contributed by atoms with van der Waals surface area (Å²) in [7, 11) is 0. The molecule has 0 saturated heterocycles. The average Bonchev–Trinajstić information content (AvgIpc) is 2.94. The van der Waals surface area contributed by atoms with Crippen molar-refractivity contribution in [2.75, 3.05) is 6.61 Å². The number of esters is 1. The van der Waals surface area contributed by atoms with Crippen LogP contribution in [0.5, 0.6) is 17.2 Å². The summed E-state index contributed by atoms with van der Waals surface area (Å²) in [5, 5.41) is 0. The molecule has 1 aliphatic rings. The minimum atomic E-state index is -0.519. The van der Waals surface area contributed by atoms with E-state index in [0.29, 0.717) is 29.2 Å². The van der Waals surface area contributed by atoms with Gasteiger partial charge in [0.05, 0.1) is 0 Å². The van der Waals surface area contributed by atoms with Gasteiger partial charge in [-0.3, -0.25) is 4.79 Å². The number of carbonyl (C=O) groups is 2. The first-order valence-electron chi connectivity index (χ1n) is 8.65. The summed E-state index contributed by atoms with van der Waals surface area (Å²) in [5.41, 5.74) is 1.39. The van der Waals surface area contributed by atoms with Gasteiger partial charge in [0.15, 0.2) is 23.9 Å². The van der Waals surface area contributed by atoms with Crippen LogP contribution in [0.25, 0.3) is 0 Å². The van der Waals surface area contributed by atoms with Crippen LogP contribution in [0, 0.1) is 0 Å². The molecule has 5 nitrogen and oxygen atoms in total.